The largest absolute Gasteiger partial charge is 0.472 e. The Morgan fingerprint density at radius 3 is 2.42 bits per heavy atom. The second-order valence-corrected chi connectivity index (χ2v) is 13.8. The number of aliphatic hydroxyl groups excluding tert-OH is 2. The first kappa shape index (κ1) is 39.4. The second-order valence-electron chi connectivity index (χ2n) is 12.3. The SMILES string of the molecule is CCCCC[C@H](O)/C=C/[C@H]1[C@H](O)CC(=O)[C@@H]1CCCCCCC(=O)OC[C@H](COP(=O)(O)OCC[N+](C)(C)C)OC(C)=O. The normalized spacial score (nSPS) is 22.0. The lowest BCUT2D eigenvalue weighted by molar-refractivity contribution is -0.870. The van der Waals surface area contributed by atoms with E-state index in [4.69, 9.17) is 18.5 Å². The highest BCUT2D eigenvalue weighted by atomic mass is 31.2. The molecule has 250 valence electrons. The summed E-state index contributed by atoms with van der Waals surface area (Å²) in [5.41, 5.74) is 0. The topological polar surface area (TPSA) is 166 Å². The number of hydrogen-bond acceptors (Lipinski definition) is 10. The average molecular weight is 637 g/mol. The van der Waals surface area contributed by atoms with E-state index in [2.05, 4.69) is 6.92 Å². The van der Waals surface area contributed by atoms with Gasteiger partial charge in [0.05, 0.1) is 40.0 Å². The van der Waals surface area contributed by atoms with Gasteiger partial charge < -0.3 is 29.1 Å². The smallest absolute Gasteiger partial charge is 0.462 e. The number of quaternary nitrogens is 1. The van der Waals surface area contributed by atoms with Gasteiger partial charge in [-0.05, 0) is 19.3 Å². The summed E-state index contributed by atoms with van der Waals surface area (Å²) in [5, 5.41) is 20.5. The number of esters is 2. The van der Waals surface area contributed by atoms with Gasteiger partial charge in [0.15, 0.2) is 6.10 Å². The highest BCUT2D eigenvalue weighted by Gasteiger charge is 2.39. The zero-order valence-electron chi connectivity index (χ0n) is 26.7. The van der Waals surface area contributed by atoms with Gasteiger partial charge in [-0.2, -0.15) is 0 Å². The maximum atomic E-state index is 12.4. The van der Waals surface area contributed by atoms with Crippen LogP contribution in [0.5, 0.6) is 0 Å². The molecule has 0 saturated heterocycles. The summed E-state index contributed by atoms with van der Waals surface area (Å²) in [6, 6.07) is 0. The van der Waals surface area contributed by atoms with Crippen molar-refractivity contribution in [3.8, 4) is 0 Å². The van der Waals surface area contributed by atoms with Crippen LogP contribution in [-0.2, 0) is 37.5 Å². The van der Waals surface area contributed by atoms with Crippen molar-refractivity contribution in [2.45, 2.75) is 103 Å². The molecular weight excluding hydrogens is 581 g/mol. The molecule has 0 bridgehead atoms. The molecule has 0 heterocycles. The van der Waals surface area contributed by atoms with Crippen LogP contribution in [0.2, 0.25) is 0 Å². The molecule has 12 nitrogen and oxygen atoms in total. The minimum Gasteiger partial charge on any atom is -0.462 e. The second kappa shape index (κ2) is 20.4. The van der Waals surface area contributed by atoms with Gasteiger partial charge in [-0.3, -0.25) is 23.4 Å². The first-order valence-corrected chi connectivity index (χ1v) is 17.0. The van der Waals surface area contributed by atoms with Gasteiger partial charge >= 0.3 is 19.8 Å². The molecule has 1 rings (SSSR count). The van der Waals surface area contributed by atoms with Crippen LogP contribution in [0, 0.1) is 11.8 Å². The molecule has 1 unspecified atom stereocenters. The highest BCUT2D eigenvalue weighted by molar-refractivity contribution is 7.47. The molecule has 1 saturated carbocycles. The van der Waals surface area contributed by atoms with Crippen molar-refractivity contribution in [1.29, 1.82) is 0 Å². The van der Waals surface area contributed by atoms with Gasteiger partial charge in [0.1, 0.15) is 25.5 Å². The number of ketones is 1. The van der Waals surface area contributed by atoms with Crippen LogP contribution in [0.25, 0.3) is 0 Å². The summed E-state index contributed by atoms with van der Waals surface area (Å²) in [4.78, 5) is 45.9. The number of carbonyl (C=O) groups is 3. The van der Waals surface area contributed by atoms with Crippen molar-refractivity contribution in [3.63, 3.8) is 0 Å². The number of phosphoric ester groups is 1. The molecule has 0 aromatic rings. The number of hydrogen-bond donors (Lipinski definition) is 3. The first-order chi connectivity index (χ1) is 20.1. The molecule has 0 spiro atoms. The van der Waals surface area contributed by atoms with Gasteiger partial charge in [0.25, 0.3) is 0 Å². The fourth-order valence-corrected chi connectivity index (χ4v) is 5.53. The molecule has 1 fully saturated rings. The number of ether oxygens (including phenoxy) is 2. The molecule has 1 aliphatic rings. The van der Waals surface area contributed by atoms with E-state index in [9.17, 15) is 34.1 Å². The Bertz CT molecular complexity index is 920. The number of unbranched alkanes of at least 4 members (excludes halogenated alkanes) is 5. The Morgan fingerprint density at radius 2 is 1.77 bits per heavy atom. The molecule has 6 atom stereocenters. The number of nitrogens with zero attached hydrogens (tertiary/aromatic N) is 1. The van der Waals surface area contributed by atoms with Crippen molar-refractivity contribution < 1.29 is 57.1 Å². The number of rotatable bonds is 23. The van der Waals surface area contributed by atoms with E-state index in [0.29, 0.717) is 30.3 Å². The lowest BCUT2D eigenvalue weighted by Crippen LogP contribution is -2.37. The minimum absolute atomic E-state index is 0.00955. The molecule has 0 amide bonds. The Morgan fingerprint density at radius 1 is 1.07 bits per heavy atom. The molecule has 0 aromatic carbocycles. The summed E-state index contributed by atoms with van der Waals surface area (Å²) in [6.45, 7) is 2.93. The summed E-state index contributed by atoms with van der Waals surface area (Å²) in [5.74, 6) is -1.66. The number of likely N-dealkylation sites (N-methyl/N-ethyl adjacent to an activating group) is 1. The monoisotopic (exact) mass is 636 g/mol. The van der Waals surface area contributed by atoms with Gasteiger partial charge in [0, 0.05) is 31.6 Å². The fourth-order valence-electron chi connectivity index (χ4n) is 4.79. The zero-order chi connectivity index (χ0) is 32.5. The number of phosphoric acid groups is 1. The maximum Gasteiger partial charge on any atom is 0.472 e. The molecule has 13 heteroatoms. The summed E-state index contributed by atoms with van der Waals surface area (Å²) in [6.07, 6.45) is 8.68. The predicted octanol–water partition coefficient (Wildman–Crippen LogP) is 3.71. The van der Waals surface area contributed by atoms with E-state index in [1.807, 2.05) is 21.1 Å². The van der Waals surface area contributed by atoms with Gasteiger partial charge in [0.2, 0.25) is 0 Å². The van der Waals surface area contributed by atoms with Crippen molar-refractivity contribution in [3.05, 3.63) is 12.2 Å². The minimum atomic E-state index is -4.38. The Balaban J connectivity index is 2.36. The van der Waals surface area contributed by atoms with E-state index >= 15 is 0 Å². The van der Waals surface area contributed by atoms with Crippen LogP contribution in [0.4, 0.5) is 0 Å². The number of Topliss-reactive ketones (excluding diaryl/α,β-unsaturated/α-hetero) is 1. The Kier molecular flexibility index (Phi) is 18.7. The van der Waals surface area contributed by atoms with Crippen LogP contribution in [0.1, 0.15) is 84.5 Å². The summed E-state index contributed by atoms with van der Waals surface area (Å²) >= 11 is 0. The maximum absolute atomic E-state index is 12.4. The van der Waals surface area contributed by atoms with Gasteiger partial charge in [-0.1, -0.05) is 57.6 Å². The number of carbonyl (C=O) groups excluding carboxylic acids is 3. The molecule has 0 aliphatic heterocycles. The standard InChI is InChI=1S/C30H54NO11P/c1-6-7-10-13-24(33)16-17-27-26(28(34)20-29(27)35)14-11-8-9-12-15-30(36)39-21-25(42-23(2)32)22-41-43(37,38)40-19-18-31(3,4)5/h16-17,24-27,29,33,35H,6-15,18-22H2,1-5H3/p+1/b17-16+/t24-,25+,26+,27+,29+/m0/s1. The third kappa shape index (κ3) is 18.7. The Labute approximate surface area is 256 Å². The lowest BCUT2D eigenvalue weighted by atomic mass is 9.88. The van der Waals surface area contributed by atoms with Crippen molar-refractivity contribution in [2.24, 2.45) is 11.8 Å². The molecule has 0 radical (unpaired) electrons. The van der Waals surface area contributed by atoms with Crippen molar-refractivity contribution in [2.75, 3.05) is 47.5 Å². The van der Waals surface area contributed by atoms with Crippen LogP contribution in [0.15, 0.2) is 12.2 Å². The predicted molar refractivity (Wildman–Crippen MR) is 161 cm³/mol. The molecule has 3 N–H and O–H groups in total. The van der Waals surface area contributed by atoms with Crippen LogP contribution in [-0.4, -0.2) is 103 Å². The third-order valence-corrected chi connectivity index (χ3v) is 8.22. The molecule has 1 aliphatic carbocycles. The van der Waals surface area contributed by atoms with E-state index < -0.39 is 44.7 Å². The fraction of sp³-hybridized carbons (Fsp3) is 0.833. The quantitative estimate of drug-likeness (QED) is 0.0492. The average Bonchev–Trinajstić information content (AvgIpc) is 3.17. The summed E-state index contributed by atoms with van der Waals surface area (Å²) < 4.78 is 32.7. The first-order valence-electron chi connectivity index (χ1n) is 15.5. The van der Waals surface area contributed by atoms with E-state index in [1.54, 1.807) is 12.2 Å². The van der Waals surface area contributed by atoms with Gasteiger partial charge in [-0.25, -0.2) is 4.57 Å². The van der Waals surface area contributed by atoms with Crippen LogP contribution < -0.4 is 0 Å². The van der Waals surface area contributed by atoms with E-state index in [-0.39, 0.29) is 43.7 Å². The third-order valence-electron chi connectivity index (χ3n) is 7.24. The molecule has 0 aromatic heterocycles. The zero-order valence-corrected chi connectivity index (χ0v) is 27.5. The highest BCUT2D eigenvalue weighted by Crippen LogP contribution is 2.43. The molecular formula is C30H55NO11P+. The van der Waals surface area contributed by atoms with E-state index in [0.717, 1.165) is 38.5 Å². The Hall–Kier alpha value is -1.66. The van der Waals surface area contributed by atoms with E-state index in [1.165, 1.54) is 6.92 Å². The van der Waals surface area contributed by atoms with Crippen molar-refractivity contribution in [1.82, 2.24) is 0 Å². The van der Waals surface area contributed by atoms with Crippen molar-refractivity contribution >= 4 is 25.5 Å². The number of aliphatic hydroxyl groups is 2. The molecule has 43 heavy (non-hydrogen) atoms. The van der Waals surface area contributed by atoms with Crippen LogP contribution >= 0.6 is 7.82 Å². The summed E-state index contributed by atoms with van der Waals surface area (Å²) in [7, 11) is 1.33. The lowest BCUT2D eigenvalue weighted by Gasteiger charge is -2.24. The van der Waals surface area contributed by atoms with Gasteiger partial charge in [-0.15, -0.1) is 0 Å². The van der Waals surface area contributed by atoms with Crippen LogP contribution in [0.3, 0.4) is 0 Å².